The van der Waals surface area contributed by atoms with E-state index in [-0.39, 0.29) is 16.4 Å². The molecule has 1 aliphatic rings. The van der Waals surface area contributed by atoms with E-state index >= 15 is 0 Å². The summed E-state index contributed by atoms with van der Waals surface area (Å²) >= 11 is 11.5. The highest BCUT2D eigenvalue weighted by molar-refractivity contribution is 6.33. The van der Waals surface area contributed by atoms with Crippen molar-refractivity contribution < 1.29 is 5.11 Å². The van der Waals surface area contributed by atoms with Gasteiger partial charge in [0.15, 0.2) is 10.3 Å². The lowest BCUT2D eigenvalue weighted by molar-refractivity contribution is 0.164. The number of nitrogens with one attached hydrogen (secondary N) is 1. The highest BCUT2D eigenvalue weighted by atomic mass is 35.5. The topological polar surface area (TPSA) is 58.0 Å². The van der Waals surface area contributed by atoms with E-state index in [1.54, 1.807) is 6.07 Å². The smallest absolute Gasteiger partial charge is 0.174 e. The molecule has 1 fully saturated rings. The molecule has 1 aromatic heterocycles. The van der Waals surface area contributed by atoms with Crippen LogP contribution in [0.1, 0.15) is 12.8 Å². The van der Waals surface area contributed by atoms with Gasteiger partial charge in [0.1, 0.15) is 0 Å². The van der Waals surface area contributed by atoms with Crippen molar-refractivity contribution in [1.29, 1.82) is 0 Å². The highest BCUT2D eigenvalue weighted by Crippen LogP contribution is 2.32. The van der Waals surface area contributed by atoms with Crippen LogP contribution in [0.2, 0.25) is 10.3 Å². The number of aromatic nitrogens is 2. The summed E-state index contributed by atoms with van der Waals surface area (Å²) in [5.41, 5.74) is 0.608. The van der Waals surface area contributed by atoms with Crippen LogP contribution in [-0.2, 0) is 0 Å². The summed E-state index contributed by atoms with van der Waals surface area (Å²) < 4.78 is 0. The monoisotopic (exact) mass is 247 g/mol. The number of hydrogen-bond acceptors (Lipinski definition) is 4. The quantitative estimate of drug-likeness (QED) is 0.855. The van der Waals surface area contributed by atoms with Crippen LogP contribution in [0.25, 0.3) is 0 Å². The molecule has 0 amide bonds. The molecule has 0 spiro atoms. The zero-order valence-electron chi connectivity index (χ0n) is 7.95. The van der Waals surface area contributed by atoms with Crippen LogP contribution in [0.3, 0.4) is 0 Å². The molecule has 0 saturated heterocycles. The Kier molecular flexibility index (Phi) is 3.29. The van der Waals surface area contributed by atoms with Gasteiger partial charge in [-0.15, -0.1) is 10.2 Å². The lowest BCUT2D eigenvalue weighted by atomic mass is 10.2. The number of nitrogens with zero attached hydrogens (tertiary/aromatic N) is 2. The van der Waals surface area contributed by atoms with Gasteiger partial charge in [-0.05, 0) is 18.8 Å². The number of hydrogen-bond donors (Lipinski definition) is 2. The Morgan fingerprint density at radius 1 is 1.47 bits per heavy atom. The number of rotatable bonds is 4. The van der Waals surface area contributed by atoms with Gasteiger partial charge in [0.25, 0.3) is 0 Å². The third-order valence-corrected chi connectivity index (χ3v) is 2.85. The zero-order valence-corrected chi connectivity index (χ0v) is 9.46. The van der Waals surface area contributed by atoms with Gasteiger partial charge in [-0.3, -0.25) is 0 Å². The summed E-state index contributed by atoms with van der Waals surface area (Å²) in [4.78, 5) is 0. The Balaban J connectivity index is 1.94. The van der Waals surface area contributed by atoms with Gasteiger partial charge in [-0.2, -0.15) is 0 Å². The fourth-order valence-electron chi connectivity index (χ4n) is 1.34. The van der Waals surface area contributed by atoms with Crippen LogP contribution in [0.5, 0.6) is 0 Å². The molecule has 1 aromatic rings. The molecule has 0 aliphatic heterocycles. The number of anilines is 1. The third kappa shape index (κ3) is 2.93. The van der Waals surface area contributed by atoms with E-state index in [1.807, 2.05) is 0 Å². The highest BCUT2D eigenvalue weighted by Gasteiger charge is 2.29. The van der Waals surface area contributed by atoms with Gasteiger partial charge in [-0.1, -0.05) is 23.2 Å². The van der Waals surface area contributed by atoms with Crippen molar-refractivity contribution in [3.8, 4) is 0 Å². The first kappa shape index (κ1) is 10.9. The average Bonchev–Trinajstić information content (AvgIpc) is 3.02. The Morgan fingerprint density at radius 2 is 2.20 bits per heavy atom. The lowest BCUT2D eigenvalue weighted by Gasteiger charge is -2.12. The molecule has 1 aliphatic carbocycles. The minimum atomic E-state index is -0.326. The first-order valence-electron chi connectivity index (χ1n) is 4.77. The Labute approximate surface area is 97.6 Å². The normalized spacial score (nSPS) is 17.5. The van der Waals surface area contributed by atoms with Crippen LogP contribution < -0.4 is 5.32 Å². The van der Waals surface area contributed by atoms with Gasteiger partial charge in [-0.25, -0.2) is 0 Å². The first-order valence-corrected chi connectivity index (χ1v) is 5.53. The molecule has 1 unspecified atom stereocenters. The van der Waals surface area contributed by atoms with E-state index in [0.717, 1.165) is 12.8 Å². The first-order chi connectivity index (χ1) is 7.16. The Bertz CT molecular complexity index is 357. The Hall–Kier alpha value is -0.580. The summed E-state index contributed by atoms with van der Waals surface area (Å²) in [6, 6.07) is 1.59. The number of aliphatic hydroxyl groups is 1. The number of halogens is 2. The maximum absolute atomic E-state index is 9.64. The SMILES string of the molecule is OC(CNc1cc(Cl)nnc1Cl)C1CC1. The standard InChI is InChI=1S/C9H11Cl2N3O/c10-8-3-6(9(11)14-13-8)12-4-7(15)5-1-2-5/h3,5,7,15H,1-2,4H2,(H,12,13). The lowest BCUT2D eigenvalue weighted by Crippen LogP contribution is -2.21. The molecule has 15 heavy (non-hydrogen) atoms. The molecule has 1 saturated carbocycles. The van der Waals surface area contributed by atoms with Gasteiger partial charge in [0, 0.05) is 12.6 Å². The van der Waals surface area contributed by atoms with Gasteiger partial charge in [0.2, 0.25) is 0 Å². The van der Waals surface area contributed by atoms with Gasteiger partial charge >= 0.3 is 0 Å². The van der Waals surface area contributed by atoms with Crippen molar-refractivity contribution in [3.05, 3.63) is 16.4 Å². The predicted octanol–water partition coefficient (Wildman–Crippen LogP) is 1.97. The fourth-order valence-corrected chi connectivity index (χ4v) is 1.65. The van der Waals surface area contributed by atoms with Crippen LogP contribution in [-0.4, -0.2) is 28.0 Å². The zero-order chi connectivity index (χ0) is 10.8. The van der Waals surface area contributed by atoms with E-state index in [2.05, 4.69) is 15.5 Å². The van der Waals surface area contributed by atoms with E-state index in [1.165, 1.54) is 0 Å². The largest absolute Gasteiger partial charge is 0.391 e. The summed E-state index contributed by atoms with van der Waals surface area (Å²) in [7, 11) is 0. The van der Waals surface area contributed by atoms with Gasteiger partial charge in [0.05, 0.1) is 11.8 Å². The summed E-state index contributed by atoms with van der Waals surface area (Å²) in [6.45, 7) is 0.465. The molecular weight excluding hydrogens is 237 g/mol. The van der Waals surface area contributed by atoms with Crippen LogP contribution in [0.4, 0.5) is 5.69 Å². The second-order valence-corrected chi connectivity index (χ2v) is 4.40. The minimum Gasteiger partial charge on any atom is -0.391 e. The van der Waals surface area contributed by atoms with Crippen molar-refractivity contribution in [2.75, 3.05) is 11.9 Å². The third-order valence-electron chi connectivity index (χ3n) is 2.39. The summed E-state index contributed by atoms with van der Waals surface area (Å²) in [6.07, 6.45) is 1.88. The summed E-state index contributed by atoms with van der Waals surface area (Å²) in [5, 5.41) is 20.4. The maximum Gasteiger partial charge on any atom is 0.174 e. The predicted molar refractivity (Wildman–Crippen MR) is 59.3 cm³/mol. The van der Waals surface area contributed by atoms with Gasteiger partial charge < -0.3 is 10.4 Å². The van der Waals surface area contributed by atoms with E-state index < -0.39 is 0 Å². The van der Waals surface area contributed by atoms with E-state index in [4.69, 9.17) is 23.2 Å². The second-order valence-electron chi connectivity index (χ2n) is 3.66. The maximum atomic E-state index is 9.64. The van der Waals surface area contributed by atoms with Crippen LogP contribution >= 0.6 is 23.2 Å². The molecule has 2 rings (SSSR count). The van der Waals surface area contributed by atoms with Crippen molar-refractivity contribution in [3.63, 3.8) is 0 Å². The molecule has 1 atom stereocenters. The fraction of sp³-hybridized carbons (Fsp3) is 0.556. The van der Waals surface area contributed by atoms with E-state index in [9.17, 15) is 5.11 Å². The molecule has 0 aromatic carbocycles. The summed E-state index contributed by atoms with van der Waals surface area (Å²) in [5.74, 6) is 0.432. The molecule has 6 heteroatoms. The molecule has 2 N–H and O–H groups in total. The Morgan fingerprint density at radius 3 is 2.87 bits per heavy atom. The second kappa shape index (κ2) is 4.51. The van der Waals surface area contributed by atoms with Crippen molar-refractivity contribution >= 4 is 28.9 Å². The number of aliphatic hydroxyl groups excluding tert-OH is 1. The molecule has 1 heterocycles. The van der Waals surface area contributed by atoms with Crippen LogP contribution in [0.15, 0.2) is 6.07 Å². The van der Waals surface area contributed by atoms with E-state index in [0.29, 0.717) is 18.2 Å². The van der Waals surface area contributed by atoms with Crippen molar-refractivity contribution in [2.24, 2.45) is 5.92 Å². The van der Waals surface area contributed by atoms with Crippen molar-refractivity contribution in [1.82, 2.24) is 10.2 Å². The average molecular weight is 248 g/mol. The van der Waals surface area contributed by atoms with Crippen LogP contribution in [0, 0.1) is 5.92 Å². The molecule has 0 radical (unpaired) electrons. The van der Waals surface area contributed by atoms with Crippen molar-refractivity contribution in [2.45, 2.75) is 18.9 Å². The minimum absolute atomic E-state index is 0.266. The molecule has 4 nitrogen and oxygen atoms in total. The molecule has 82 valence electrons. The molecular formula is C9H11Cl2N3O. The molecule has 0 bridgehead atoms.